The first kappa shape index (κ1) is 17.9. The second-order valence-electron chi connectivity index (χ2n) is 4.28. The Labute approximate surface area is 134 Å². The molecule has 1 unspecified atom stereocenters. The van der Waals surface area contributed by atoms with E-state index in [0.717, 1.165) is 5.56 Å². The van der Waals surface area contributed by atoms with Crippen LogP contribution in [0.25, 0.3) is 0 Å². The van der Waals surface area contributed by atoms with E-state index in [9.17, 15) is 9.59 Å². The van der Waals surface area contributed by atoms with Crippen molar-refractivity contribution in [2.45, 2.75) is 6.10 Å². The number of ether oxygens (including phenoxy) is 1. The molecule has 22 heavy (non-hydrogen) atoms. The number of ketones is 1. The minimum Gasteiger partial charge on any atom is -0.480 e. The van der Waals surface area contributed by atoms with E-state index in [-0.39, 0.29) is 11.7 Å². The predicted molar refractivity (Wildman–Crippen MR) is 85.3 cm³/mol. The maximum atomic E-state index is 12.3. The average Bonchev–Trinajstić information content (AvgIpc) is 2.57. The van der Waals surface area contributed by atoms with Crippen LogP contribution in [0, 0.1) is 0 Å². The summed E-state index contributed by atoms with van der Waals surface area (Å²) in [5, 5.41) is 7.59. The number of carboxylic acids is 1. The van der Waals surface area contributed by atoms with E-state index in [4.69, 9.17) is 21.4 Å². The first-order valence-electron chi connectivity index (χ1n) is 6.55. The number of carbonyl (C=O) groups excluding carboxylic acids is 1. The van der Waals surface area contributed by atoms with Gasteiger partial charge in [0, 0.05) is 12.7 Å². The minimum atomic E-state index is -0.980. The van der Waals surface area contributed by atoms with Gasteiger partial charge < -0.3 is 9.84 Å². The molecule has 5 heteroatoms. The van der Waals surface area contributed by atoms with Gasteiger partial charge in [-0.3, -0.25) is 9.59 Å². The molecular formula is C17H17ClO4. The molecule has 0 radical (unpaired) electrons. The van der Waals surface area contributed by atoms with Crippen molar-refractivity contribution in [3.05, 3.63) is 71.8 Å². The maximum absolute atomic E-state index is 12.3. The summed E-state index contributed by atoms with van der Waals surface area (Å²) in [6, 6.07) is 18.7. The standard InChI is InChI=1S/C15H14O2.C2H3ClO2/c1-17-15(13-10-6-3-7-11-13)14(16)12-8-4-2-5-9-12;3-1-2(4)5/h2-11,15H,1H3;1H2,(H,4,5). The normalized spacial score (nSPS) is 11.0. The Bertz CT molecular complexity index is 584. The fourth-order valence-electron chi connectivity index (χ4n) is 1.78. The molecule has 2 aromatic carbocycles. The predicted octanol–water partition coefficient (Wildman–Crippen LogP) is 3.57. The van der Waals surface area contributed by atoms with Crippen molar-refractivity contribution in [2.24, 2.45) is 0 Å². The zero-order valence-corrected chi connectivity index (χ0v) is 12.9. The Balaban J connectivity index is 0.000000422. The SMILES string of the molecule is COC(C(=O)c1ccccc1)c1ccccc1.O=C(O)CCl. The lowest BCUT2D eigenvalue weighted by Gasteiger charge is -2.14. The van der Waals surface area contributed by atoms with E-state index < -0.39 is 12.1 Å². The van der Waals surface area contributed by atoms with Crippen LogP contribution in [-0.2, 0) is 9.53 Å². The number of halogens is 1. The Morgan fingerprint density at radius 1 is 1.05 bits per heavy atom. The number of carboxylic acid groups (broad SMARTS) is 1. The third-order valence-electron chi connectivity index (χ3n) is 2.75. The molecule has 0 aromatic heterocycles. The number of hydrogen-bond donors (Lipinski definition) is 1. The van der Waals surface area contributed by atoms with Gasteiger partial charge >= 0.3 is 5.97 Å². The lowest BCUT2D eigenvalue weighted by Crippen LogP contribution is -2.14. The van der Waals surface area contributed by atoms with Crippen LogP contribution in [0.2, 0.25) is 0 Å². The van der Waals surface area contributed by atoms with Gasteiger partial charge in [-0.1, -0.05) is 60.7 Å². The molecule has 1 atom stereocenters. The quantitative estimate of drug-likeness (QED) is 0.675. The number of benzene rings is 2. The lowest BCUT2D eigenvalue weighted by atomic mass is 10.00. The van der Waals surface area contributed by atoms with Crippen molar-refractivity contribution in [1.82, 2.24) is 0 Å². The molecule has 0 bridgehead atoms. The van der Waals surface area contributed by atoms with Crippen molar-refractivity contribution in [2.75, 3.05) is 13.0 Å². The highest BCUT2D eigenvalue weighted by Crippen LogP contribution is 2.21. The number of methoxy groups -OCH3 is 1. The van der Waals surface area contributed by atoms with Crippen LogP contribution in [0.15, 0.2) is 60.7 Å². The van der Waals surface area contributed by atoms with Crippen molar-refractivity contribution in [1.29, 1.82) is 0 Å². The van der Waals surface area contributed by atoms with Gasteiger partial charge in [-0.2, -0.15) is 0 Å². The van der Waals surface area contributed by atoms with E-state index in [1.54, 1.807) is 19.2 Å². The average molecular weight is 321 g/mol. The molecule has 0 aliphatic rings. The maximum Gasteiger partial charge on any atom is 0.318 e. The largest absolute Gasteiger partial charge is 0.480 e. The summed E-state index contributed by atoms with van der Waals surface area (Å²) < 4.78 is 5.30. The number of alkyl halides is 1. The van der Waals surface area contributed by atoms with Gasteiger partial charge in [0.05, 0.1) is 0 Å². The Morgan fingerprint density at radius 3 is 1.91 bits per heavy atom. The molecule has 2 aromatic rings. The number of carbonyl (C=O) groups is 2. The molecule has 4 nitrogen and oxygen atoms in total. The first-order valence-corrected chi connectivity index (χ1v) is 7.08. The van der Waals surface area contributed by atoms with Gasteiger partial charge in [-0.15, -0.1) is 11.6 Å². The molecule has 116 valence electrons. The highest BCUT2D eigenvalue weighted by Gasteiger charge is 2.20. The van der Waals surface area contributed by atoms with Gasteiger partial charge in [0.15, 0.2) is 5.78 Å². The van der Waals surface area contributed by atoms with E-state index in [1.807, 2.05) is 48.5 Å². The second-order valence-corrected chi connectivity index (χ2v) is 4.55. The lowest BCUT2D eigenvalue weighted by molar-refractivity contribution is -0.134. The number of rotatable bonds is 5. The Kier molecular flexibility index (Phi) is 7.89. The van der Waals surface area contributed by atoms with Gasteiger partial charge in [0.2, 0.25) is 0 Å². The summed E-state index contributed by atoms with van der Waals surface area (Å²) in [4.78, 5) is 21.5. The van der Waals surface area contributed by atoms with Gasteiger partial charge in [-0.25, -0.2) is 0 Å². The number of aliphatic carboxylic acids is 1. The first-order chi connectivity index (χ1) is 10.6. The molecule has 0 heterocycles. The summed E-state index contributed by atoms with van der Waals surface area (Å²) in [6.45, 7) is 0. The molecule has 2 rings (SSSR count). The third-order valence-corrected chi connectivity index (χ3v) is 2.98. The fraction of sp³-hybridized carbons (Fsp3) is 0.176. The highest BCUT2D eigenvalue weighted by molar-refractivity contribution is 6.26. The van der Waals surface area contributed by atoms with E-state index in [0.29, 0.717) is 5.56 Å². The number of Topliss-reactive ketones (excluding diaryl/α,β-unsaturated/α-hetero) is 1. The molecule has 0 saturated carbocycles. The minimum absolute atomic E-state index is 0.0145. The van der Waals surface area contributed by atoms with Crippen molar-refractivity contribution in [3.63, 3.8) is 0 Å². The zero-order chi connectivity index (χ0) is 16.4. The molecule has 0 saturated heterocycles. The van der Waals surface area contributed by atoms with Crippen molar-refractivity contribution in [3.8, 4) is 0 Å². The summed E-state index contributed by atoms with van der Waals surface area (Å²) in [5.41, 5.74) is 1.55. The van der Waals surface area contributed by atoms with Gasteiger partial charge in [-0.05, 0) is 5.56 Å². The Hall–Kier alpha value is -2.17. The van der Waals surface area contributed by atoms with E-state index in [2.05, 4.69) is 0 Å². The van der Waals surface area contributed by atoms with E-state index >= 15 is 0 Å². The summed E-state index contributed by atoms with van der Waals surface area (Å²) in [7, 11) is 1.55. The molecule has 0 aliphatic heterocycles. The topological polar surface area (TPSA) is 63.6 Å². The summed E-state index contributed by atoms with van der Waals surface area (Å²) >= 11 is 4.74. The van der Waals surface area contributed by atoms with E-state index in [1.165, 1.54) is 0 Å². The summed E-state index contributed by atoms with van der Waals surface area (Å²) in [6.07, 6.45) is -0.529. The Morgan fingerprint density at radius 2 is 1.50 bits per heavy atom. The van der Waals surface area contributed by atoms with Crippen LogP contribution in [0.5, 0.6) is 0 Å². The fourth-order valence-corrected chi connectivity index (χ4v) is 1.78. The van der Waals surface area contributed by atoms with Gasteiger partial charge in [0.1, 0.15) is 12.0 Å². The van der Waals surface area contributed by atoms with Crippen LogP contribution >= 0.6 is 11.6 Å². The molecule has 0 aliphatic carbocycles. The smallest absolute Gasteiger partial charge is 0.318 e. The molecule has 0 fully saturated rings. The monoisotopic (exact) mass is 320 g/mol. The van der Waals surface area contributed by atoms with Crippen LogP contribution in [0.3, 0.4) is 0 Å². The molecule has 1 N–H and O–H groups in total. The van der Waals surface area contributed by atoms with Gasteiger partial charge in [0.25, 0.3) is 0 Å². The highest BCUT2D eigenvalue weighted by atomic mass is 35.5. The van der Waals surface area contributed by atoms with Crippen LogP contribution < -0.4 is 0 Å². The van der Waals surface area contributed by atoms with Crippen molar-refractivity contribution >= 4 is 23.4 Å². The molecular weight excluding hydrogens is 304 g/mol. The number of hydrogen-bond acceptors (Lipinski definition) is 3. The third kappa shape index (κ3) is 5.68. The molecule has 0 amide bonds. The second kappa shape index (κ2) is 9.71. The van der Waals surface area contributed by atoms with Crippen LogP contribution in [-0.4, -0.2) is 29.8 Å². The molecule has 0 spiro atoms. The zero-order valence-electron chi connectivity index (χ0n) is 12.1. The van der Waals surface area contributed by atoms with Crippen molar-refractivity contribution < 1.29 is 19.4 Å². The van der Waals surface area contributed by atoms with Crippen LogP contribution in [0.1, 0.15) is 22.0 Å². The summed E-state index contributed by atoms with van der Waals surface area (Å²) in [5.74, 6) is -1.30. The van der Waals surface area contributed by atoms with Crippen LogP contribution in [0.4, 0.5) is 0 Å².